The van der Waals surface area contributed by atoms with Gasteiger partial charge in [-0.05, 0) is 98.3 Å². The highest BCUT2D eigenvalue weighted by atomic mass is 31.2. The molecular formula is C26H45O7P. The van der Waals surface area contributed by atoms with Gasteiger partial charge >= 0.3 is 13.8 Å². The number of carbonyl (C=O) groups is 1. The number of hydrogen-bond donors (Lipinski definition) is 1. The van der Waals surface area contributed by atoms with Gasteiger partial charge < -0.3 is 14.4 Å². The van der Waals surface area contributed by atoms with Crippen LogP contribution in [0.1, 0.15) is 99.3 Å². The third-order valence-electron chi connectivity index (χ3n) is 4.52. The molecule has 0 fully saturated rings. The van der Waals surface area contributed by atoms with Crippen molar-refractivity contribution in [3.63, 3.8) is 0 Å². The van der Waals surface area contributed by atoms with Crippen LogP contribution in [0, 0.1) is 6.92 Å². The summed E-state index contributed by atoms with van der Waals surface area (Å²) in [5.74, 6) is -0.0749. The van der Waals surface area contributed by atoms with Gasteiger partial charge in [-0.2, -0.15) is 0 Å². The number of esters is 1. The zero-order chi connectivity index (χ0) is 26.8. The van der Waals surface area contributed by atoms with Gasteiger partial charge in [0, 0.05) is 12.2 Å². The van der Waals surface area contributed by atoms with E-state index in [0.717, 1.165) is 11.1 Å². The number of rotatable bonds is 9. The number of ether oxygens (including phenoxy) is 1. The van der Waals surface area contributed by atoms with Gasteiger partial charge in [0.05, 0.1) is 17.6 Å². The molecule has 0 aliphatic carbocycles. The second-order valence-electron chi connectivity index (χ2n) is 12.4. The van der Waals surface area contributed by atoms with Crippen LogP contribution in [0.15, 0.2) is 12.1 Å². The van der Waals surface area contributed by atoms with Crippen LogP contribution < -0.4 is 4.52 Å². The van der Waals surface area contributed by atoms with Crippen molar-refractivity contribution in [2.24, 2.45) is 0 Å². The molecule has 0 spiro atoms. The molecule has 8 heteroatoms. The molecule has 0 bridgehead atoms. The number of phosphoric acid groups is 1. The lowest BCUT2D eigenvalue weighted by molar-refractivity contribution is -0.153. The van der Waals surface area contributed by atoms with Gasteiger partial charge in [0.15, 0.2) is 0 Å². The number of carbonyl (C=O) groups excluding carboxylic acids is 1. The summed E-state index contributed by atoms with van der Waals surface area (Å²) >= 11 is 0. The van der Waals surface area contributed by atoms with Crippen molar-refractivity contribution in [1.82, 2.24) is 0 Å². The minimum atomic E-state index is -4.09. The van der Waals surface area contributed by atoms with Gasteiger partial charge in [0.25, 0.3) is 0 Å². The molecular weight excluding hydrogens is 455 g/mol. The van der Waals surface area contributed by atoms with Crippen LogP contribution in [0.3, 0.4) is 0 Å². The zero-order valence-electron chi connectivity index (χ0n) is 23.1. The Balaban J connectivity index is 3.63. The number of aryl methyl sites for hydroxylation is 1. The molecule has 1 aromatic rings. The number of aliphatic hydroxyl groups is 1. The molecule has 1 aromatic carbocycles. The summed E-state index contributed by atoms with van der Waals surface area (Å²) in [5.41, 5.74) is -0.450. The van der Waals surface area contributed by atoms with E-state index in [1.54, 1.807) is 47.6 Å². The lowest BCUT2D eigenvalue weighted by atomic mass is 9.78. The predicted octanol–water partition coefficient (Wildman–Crippen LogP) is 6.66. The van der Waals surface area contributed by atoms with E-state index < -0.39 is 30.0 Å². The second-order valence-corrected chi connectivity index (χ2v) is 13.8. The van der Waals surface area contributed by atoms with Crippen molar-refractivity contribution in [2.75, 3.05) is 6.61 Å². The number of benzene rings is 1. The Morgan fingerprint density at radius 1 is 0.882 bits per heavy atom. The van der Waals surface area contributed by atoms with Crippen molar-refractivity contribution < 1.29 is 32.8 Å². The number of aliphatic hydroxyl groups excluding tert-OH is 1. The first kappa shape index (κ1) is 30.6. The fraction of sp³-hybridized carbons (Fsp3) is 0.731. The Morgan fingerprint density at radius 3 is 1.79 bits per heavy atom. The summed E-state index contributed by atoms with van der Waals surface area (Å²) in [5, 5.41) is 9.66. The monoisotopic (exact) mass is 500 g/mol. The Hall–Kier alpha value is -1.40. The number of hydrogen-bond acceptors (Lipinski definition) is 7. The topological polar surface area (TPSA) is 91.3 Å². The second kappa shape index (κ2) is 10.7. The lowest BCUT2D eigenvalue weighted by Gasteiger charge is -2.34. The van der Waals surface area contributed by atoms with E-state index in [1.807, 2.05) is 47.6 Å². The average Bonchev–Trinajstić information content (AvgIpc) is 2.46. The van der Waals surface area contributed by atoms with E-state index in [1.165, 1.54) is 0 Å². The molecule has 0 radical (unpaired) electrons. The fourth-order valence-corrected chi connectivity index (χ4v) is 5.50. The van der Waals surface area contributed by atoms with Crippen LogP contribution in [-0.4, -0.2) is 34.5 Å². The third kappa shape index (κ3) is 10.5. The zero-order valence-corrected chi connectivity index (χ0v) is 24.0. The first-order valence-corrected chi connectivity index (χ1v) is 13.2. The molecule has 0 amide bonds. The molecule has 0 saturated heterocycles. The molecule has 34 heavy (non-hydrogen) atoms. The smallest absolute Gasteiger partial charge is 0.460 e. The van der Waals surface area contributed by atoms with Crippen LogP contribution in [0.4, 0.5) is 0 Å². The minimum Gasteiger partial charge on any atom is -0.460 e. The van der Waals surface area contributed by atoms with Gasteiger partial charge in [0.1, 0.15) is 11.4 Å². The first-order valence-electron chi connectivity index (χ1n) is 11.7. The maximum Gasteiger partial charge on any atom is 0.531 e. The molecule has 196 valence electrons. The quantitative estimate of drug-likeness (QED) is 0.299. The van der Waals surface area contributed by atoms with E-state index in [2.05, 4.69) is 0 Å². The van der Waals surface area contributed by atoms with Crippen LogP contribution in [0.2, 0.25) is 0 Å². The summed E-state index contributed by atoms with van der Waals surface area (Å²) < 4.78 is 37.1. The molecule has 1 N–H and O–H groups in total. The van der Waals surface area contributed by atoms with Crippen LogP contribution in [0.5, 0.6) is 5.75 Å². The fourth-order valence-electron chi connectivity index (χ4n) is 3.66. The van der Waals surface area contributed by atoms with Crippen molar-refractivity contribution in [1.29, 1.82) is 0 Å². The normalized spacial score (nSPS) is 13.7. The maximum absolute atomic E-state index is 13.9. The highest BCUT2D eigenvalue weighted by Crippen LogP contribution is 2.56. The van der Waals surface area contributed by atoms with Gasteiger partial charge in [-0.15, -0.1) is 0 Å². The Kier molecular flexibility index (Phi) is 9.63. The van der Waals surface area contributed by atoms with Crippen LogP contribution in [0.25, 0.3) is 0 Å². The summed E-state index contributed by atoms with van der Waals surface area (Å²) in [7, 11) is -4.09. The molecule has 0 unspecified atom stereocenters. The SMILES string of the molecule is Cc1cc(CC(=O)OC(C)(C)C)cc(OP(=O)(OC(C)(C)C)OC(C)(C)C)c1C(C)(C)CCO. The van der Waals surface area contributed by atoms with E-state index in [4.69, 9.17) is 18.3 Å². The van der Waals surface area contributed by atoms with Crippen molar-refractivity contribution in [3.05, 3.63) is 28.8 Å². The molecule has 0 aromatic heterocycles. The highest BCUT2D eigenvalue weighted by Gasteiger charge is 2.40. The summed E-state index contributed by atoms with van der Waals surface area (Å²) in [6.45, 7) is 21.9. The van der Waals surface area contributed by atoms with E-state index in [0.29, 0.717) is 17.7 Å². The first-order chi connectivity index (χ1) is 15.1. The van der Waals surface area contributed by atoms with Gasteiger partial charge in [-0.1, -0.05) is 19.9 Å². The highest BCUT2D eigenvalue weighted by molar-refractivity contribution is 7.49. The van der Waals surface area contributed by atoms with Crippen molar-refractivity contribution >= 4 is 13.8 Å². The van der Waals surface area contributed by atoms with Gasteiger partial charge in [-0.25, -0.2) is 4.57 Å². The molecule has 0 aliphatic heterocycles. The van der Waals surface area contributed by atoms with Crippen LogP contribution >= 0.6 is 7.82 Å². The van der Waals surface area contributed by atoms with Crippen molar-refractivity contribution in [3.8, 4) is 5.75 Å². The average molecular weight is 501 g/mol. The van der Waals surface area contributed by atoms with E-state index in [9.17, 15) is 14.5 Å². The molecule has 7 nitrogen and oxygen atoms in total. The molecule has 0 aliphatic rings. The molecule has 0 atom stereocenters. The standard InChI is InChI=1S/C26H45O7P/c1-18-15-19(17-21(28)30-23(2,3)4)16-20(22(18)26(11,12)13-14-27)31-34(29,32-24(5,6)7)33-25(8,9)10/h15-16,27H,13-14,17H2,1-12H3. The Morgan fingerprint density at radius 2 is 1.38 bits per heavy atom. The Labute approximate surface area is 206 Å². The van der Waals surface area contributed by atoms with E-state index in [-0.39, 0.29) is 19.0 Å². The molecule has 0 heterocycles. The lowest BCUT2D eigenvalue weighted by Crippen LogP contribution is -2.27. The predicted molar refractivity (Wildman–Crippen MR) is 135 cm³/mol. The van der Waals surface area contributed by atoms with E-state index >= 15 is 0 Å². The Bertz CT molecular complexity index is 879. The van der Waals surface area contributed by atoms with Gasteiger partial charge in [0.2, 0.25) is 0 Å². The number of phosphoric ester groups is 1. The van der Waals surface area contributed by atoms with Crippen LogP contribution in [-0.2, 0) is 35.0 Å². The molecule has 0 saturated carbocycles. The summed E-state index contributed by atoms with van der Waals surface area (Å²) in [4.78, 5) is 12.5. The molecule has 1 rings (SSSR count). The summed E-state index contributed by atoms with van der Waals surface area (Å²) in [6.07, 6.45) is 0.486. The largest absolute Gasteiger partial charge is 0.531 e. The summed E-state index contributed by atoms with van der Waals surface area (Å²) in [6, 6.07) is 3.58. The minimum absolute atomic E-state index is 0.0275. The maximum atomic E-state index is 13.9. The van der Waals surface area contributed by atoms with Crippen molar-refractivity contribution in [2.45, 2.75) is 118 Å². The third-order valence-corrected chi connectivity index (χ3v) is 6.49. The van der Waals surface area contributed by atoms with Gasteiger partial charge in [-0.3, -0.25) is 13.8 Å².